The second-order valence-corrected chi connectivity index (χ2v) is 4.32. The molecule has 5 nitrogen and oxygen atoms in total. The number of nitrogens with one attached hydrogen (secondary N) is 1. The van der Waals surface area contributed by atoms with E-state index in [1.807, 2.05) is 5.32 Å². The number of amides is 1. The fourth-order valence-electron chi connectivity index (χ4n) is 1.50. The molecule has 2 aromatic rings. The molecule has 1 aromatic heterocycles. The quantitative estimate of drug-likeness (QED) is 0.926. The summed E-state index contributed by atoms with van der Waals surface area (Å²) in [5.41, 5.74) is -1.15. The number of carbonyl (C=O) groups is 2. The highest BCUT2D eigenvalue weighted by Crippen LogP contribution is 2.20. The van der Waals surface area contributed by atoms with E-state index >= 15 is 0 Å². The Morgan fingerprint density at radius 2 is 1.95 bits per heavy atom. The van der Waals surface area contributed by atoms with Crippen LogP contribution in [0.15, 0.2) is 18.2 Å². The highest BCUT2D eigenvalue weighted by molar-refractivity contribution is 6.31. The predicted octanol–water partition coefficient (Wildman–Crippen LogP) is 2.87. The van der Waals surface area contributed by atoms with Crippen molar-refractivity contribution in [1.29, 1.82) is 0 Å². The Bertz CT molecular complexity index is 746. The molecule has 0 radical (unpaired) electrons. The number of anilines is 1. The van der Waals surface area contributed by atoms with Crippen LogP contribution in [-0.2, 0) is 0 Å². The number of nitrogens with zero attached hydrogens (tertiary/aromatic N) is 2. The van der Waals surface area contributed by atoms with Crippen LogP contribution in [0.3, 0.4) is 0 Å². The Kier molecular flexibility index (Phi) is 3.99. The van der Waals surface area contributed by atoms with Crippen molar-refractivity contribution in [2.75, 3.05) is 5.32 Å². The molecular weight excluding hydrogens is 311 g/mol. The van der Waals surface area contributed by atoms with Crippen molar-refractivity contribution in [1.82, 2.24) is 9.78 Å². The van der Waals surface area contributed by atoms with E-state index in [1.54, 1.807) is 0 Å². The van der Waals surface area contributed by atoms with Crippen LogP contribution in [0.5, 0.6) is 0 Å². The fraction of sp³-hybridized carbons (Fsp3) is 0.0833. The van der Waals surface area contributed by atoms with E-state index in [2.05, 4.69) is 5.10 Å². The minimum atomic E-state index is -1.22. The van der Waals surface area contributed by atoms with Crippen molar-refractivity contribution < 1.29 is 22.8 Å². The number of hydrogen-bond donors (Lipinski definition) is 1. The molecule has 0 aliphatic carbocycles. The molecule has 0 atom stereocenters. The van der Waals surface area contributed by atoms with Gasteiger partial charge in [0.25, 0.3) is 5.91 Å². The maximum Gasteiger partial charge on any atom is 0.279 e. The largest absolute Gasteiger partial charge is 0.318 e. The van der Waals surface area contributed by atoms with Crippen LogP contribution in [-0.4, -0.2) is 21.6 Å². The number of carbonyl (C=O) groups excluding carboxylic acids is 2. The summed E-state index contributed by atoms with van der Waals surface area (Å²) in [5.74, 6) is -4.92. The molecule has 0 aliphatic heterocycles. The minimum Gasteiger partial charge on any atom is -0.318 e. The summed E-state index contributed by atoms with van der Waals surface area (Å²) in [4.78, 5) is 22.9. The van der Waals surface area contributed by atoms with Gasteiger partial charge in [-0.1, -0.05) is 11.6 Å². The molecule has 0 saturated carbocycles. The molecule has 110 valence electrons. The Hall–Kier alpha value is -2.35. The Morgan fingerprint density at radius 1 is 1.29 bits per heavy atom. The van der Waals surface area contributed by atoms with Gasteiger partial charge in [-0.2, -0.15) is 9.78 Å². The molecule has 0 aliphatic rings. The summed E-state index contributed by atoms with van der Waals surface area (Å²) in [7, 11) is 0. The van der Waals surface area contributed by atoms with Crippen molar-refractivity contribution in [2.45, 2.75) is 6.92 Å². The first-order valence-corrected chi connectivity index (χ1v) is 5.90. The third-order valence-electron chi connectivity index (χ3n) is 2.47. The number of halogens is 4. The molecule has 1 heterocycles. The highest BCUT2D eigenvalue weighted by atomic mass is 35.5. The zero-order valence-electron chi connectivity index (χ0n) is 10.5. The van der Waals surface area contributed by atoms with Crippen LogP contribution >= 0.6 is 11.6 Å². The van der Waals surface area contributed by atoms with E-state index in [-0.39, 0.29) is 5.69 Å². The van der Waals surface area contributed by atoms with Crippen LogP contribution in [0.1, 0.15) is 22.2 Å². The summed E-state index contributed by atoms with van der Waals surface area (Å²) >= 11 is 5.51. The molecule has 9 heteroatoms. The van der Waals surface area contributed by atoms with Crippen molar-refractivity contribution in [3.63, 3.8) is 0 Å². The van der Waals surface area contributed by atoms with Gasteiger partial charge in [-0.25, -0.2) is 13.2 Å². The summed E-state index contributed by atoms with van der Waals surface area (Å²) < 4.78 is 40.3. The number of rotatable bonds is 2. The van der Waals surface area contributed by atoms with Gasteiger partial charge in [-0.3, -0.25) is 9.59 Å². The molecule has 0 spiro atoms. The monoisotopic (exact) mass is 317 g/mol. The lowest BCUT2D eigenvalue weighted by Crippen LogP contribution is -2.16. The van der Waals surface area contributed by atoms with E-state index in [9.17, 15) is 22.8 Å². The molecule has 1 amide bonds. The van der Waals surface area contributed by atoms with Gasteiger partial charge in [0.1, 0.15) is 11.6 Å². The smallest absolute Gasteiger partial charge is 0.279 e. The maximum atomic E-state index is 13.7. The summed E-state index contributed by atoms with van der Waals surface area (Å²) in [6, 6.07) is 2.42. The standard InChI is InChI=1S/C12H7ClF3N3O2/c1-5(20)19-11(13)9(16)10(18-19)12(21)17-8-3-2-6(14)4-7(8)15/h2-4H,1H3,(H,17,21). The van der Waals surface area contributed by atoms with Crippen LogP contribution in [0.25, 0.3) is 0 Å². The lowest BCUT2D eigenvalue weighted by Gasteiger charge is -2.04. The van der Waals surface area contributed by atoms with E-state index in [1.165, 1.54) is 0 Å². The zero-order chi connectivity index (χ0) is 15.7. The maximum absolute atomic E-state index is 13.7. The molecule has 0 saturated heterocycles. The molecule has 21 heavy (non-hydrogen) atoms. The first kappa shape index (κ1) is 15.0. The second kappa shape index (κ2) is 5.57. The van der Waals surface area contributed by atoms with Gasteiger partial charge >= 0.3 is 0 Å². The fourth-order valence-corrected chi connectivity index (χ4v) is 1.75. The van der Waals surface area contributed by atoms with Gasteiger partial charge in [0.05, 0.1) is 5.69 Å². The normalized spacial score (nSPS) is 10.5. The highest BCUT2D eigenvalue weighted by Gasteiger charge is 2.24. The second-order valence-electron chi connectivity index (χ2n) is 3.96. The number of aromatic nitrogens is 2. The lowest BCUT2D eigenvalue weighted by atomic mass is 10.3. The zero-order valence-corrected chi connectivity index (χ0v) is 11.2. The van der Waals surface area contributed by atoms with Gasteiger partial charge in [-0.15, -0.1) is 0 Å². The minimum absolute atomic E-state index is 0.366. The number of benzene rings is 1. The molecular formula is C12H7ClF3N3O2. The molecule has 0 unspecified atom stereocenters. The van der Waals surface area contributed by atoms with E-state index < -0.39 is 40.1 Å². The van der Waals surface area contributed by atoms with Crippen LogP contribution in [0, 0.1) is 17.5 Å². The third-order valence-corrected chi connectivity index (χ3v) is 2.79. The Labute approximate surface area is 121 Å². The third kappa shape index (κ3) is 2.89. The Morgan fingerprint density at radius 3 is 2.48 bits per heavy atom. The van der Waals surface area contributed by atoms with Gasteiger partial charge in [0, 0.05) is 13.0 Å². The summed E-state index contributed by atoms with van der Waals surface area (Å²) in [6.45, 7) is 1.07. The average molecular weight is 318 g/mol. The van der Waals surface area contributed by atoms with Crippen molar-refractivity contribution in [3.8, 4) is 0 Å². The Balaban J connectivity index is 2.33. The van der Waals surface area contributed by atoms with Gasteiger partial charge < -0.3 is 5.32 Å². The van der Waals surface area contributed by atoms with Gasteiger partial charge in [0.15, 0.2) is 16.7 Å². The lowest BCUT2D eigenvalue weighted by molar-refractivity contribution is 0.0920. The molecule has 0 bridgehead atoms. The number of hydrogen-bond acceptors (Lipinski definition) is 3. The van der Waals surface area contributed by atoms with Crippen LogP contribution in [0.4, 0.5) is 18.9 Å². The summed E-state index contributed by atoms with van der Waals surface area (Å²) in [5, 5.41) is 4.75. The van der Waals surface area contributed by atoms with E-state index in [4.69, 9.17) is 11.6 Å². The van der Waals surface area contributed by atoms with Crippen molar-refractivity contribution >= 4 is 29.1 Å². The predicted molar refractivity (Wildman–Crippen MR) is 67.8 cm³/mol. The van der Waals surface area contributed by atoms with E-state index in [0.29, 0.717) is 10.7 Å². The first-order chi connectivity index (χ1) is 9.81. The average Bonchev–Trinajstić information content (AvgIpc) is 2.70. The van der Waals surface area contributed by atoms with Crippen LogP contribution < -0.4 is 5.32 Å². The molecule has 1 aromatic carbocycles. The topological polar surface area (TPSA) is 64.0 Å². The molecule has 2 rings (SSSR count). The van der Waals surface area contributed by atoms with E-state index in [0.717, 1.165) is 19.1 Å². The van der Waals surface area contributed by atoms with Gasteiger partial charge in [0.2, 0.25) is 5.91 Å². The van der Waals surface area contributed by atoms with Crippen molar-refractivity contribution in [2.24, 2.45) is 0 Å². The van der Waals surface area contributed by atoms with Crippen molar-refractivity contribution in [3.05, 3.63) is 46.5 Å². The molecule has 1 N–H and O–H groups in total. The molecule has 0 fully saturated rings. The first-order valence-electron chi connectivity index (χ1n) is 5.52. The summed E-state index contributed by atoms with van der Waals surface area (Å²) in [6.07, 6.45) is 0. The van der Waals surface area contributed by atoms with Crippen LogP contribution in [0.2, 0.25) is 5.15 Å². The SMILES string of the molecule is CC(=O)n1nc(C(=O)Nc2ccc(F)cc2F)c(F)c1Cl. The van der Waals surface area contributed by atoms with Gasteiger partial charge in [-0.05, 0) is 12.1 Å².